The quantitative estimate of drug-likeness (QED) is 0.645. The maximum Gasteiger partial charge on any atom is 0.0474 e. The third-order valence-corrected chi connectivity index (χ3v) is 3.64. The molecule has 1 unspecified atom stereocenters. The summed E-state index contributed by atoms with van der Waals surface area (Å²) >= 11 is 5.78. The minimum atomic E-state index is 0.466. The van der Waals surface area contributed by atoms with Crippen LogP contribution >= 0.6 is 11.6 Å². The molecule has 19 heavy (non-hydrogen) atoms. The molecule has 1 heteroatoms. The van der Waals surface area contributed by atoms with Gasteiger partial charge in [-0.2, -0.15) is 0 Å². The van der Waals surface area contributed by atoms with Gasteiger partial charge in [0.15, 0.2) is 0 Å². The van der Waals surface area contributed by atoms with Gasteiger partial charge in [0, 0.05) is 11.8 Å². The molecule has 0 bridgehead atoms. The van der Waals surface area contributed by atoms with Crippen molar-refractivity contribution in [2.24, 2.45) is 11.8 Å². The fourth-order valence-electron chi connectivity index (χ4n) is 2.04. The second-order valence-corrected chi connectivity index (χ2v) is 5.09. The first kappa shape index (κ1) is 13.9. The molecular weight excluding hydrogens is 252 g/mol. The largest absolute Gasteiger partial charge is 0.122 e. The molecule has 1 atom stereocenters. The van der Waals surface area contributed by atoms with E-state index in [2.05, 4.69) is 79.8 Å². The van der Waals surface area contributed by atoms with Crippen LogP contribution < -0.4 is 0 Å². The van der Waals surface area contributed by atoms with E-state index in [1.54, 1.807) is 0 Å². The van der Waals surface area contributed by atoms with Crippen molar-refractivity contribution in [3.8, 4) is 0 Å². The van der Waals surface area contributed by atoms with E-state index in [0.717, 1.165) is 5.56 Å². The molecule has 0 spiro atoms. The summed E-state index contributed by atoms with van der Waals surface area (Å²) in [7, 11) is 0. The number of rotatable bonds is 4. The summed E-state index contributed by atoms with van der Waals surface area (Å²) in [6, 6.07) is 8.38. The van der Waals surface area contributed by atoms with Gasteiger partial charge in [-0.05, 0) is 17.0 Å². The van der Waals surface area contributed by atoms with Crippen LogP contribution in [0.25, 0.3) is 6.08 Å². The van der Waals surface area contributed by atoms with E-state index < -0.39 is 0 Å². The molecule has 0 aromatic heterocycles. The fourth-order valence-corrected chi connectivity index (χ4v) is 2.22. The Morgan fingerprint density at radius 3 is 2.26 bits per heavy atom. The lowest BCUT2D eigenvalue weighted by Gasteiger charge is -2.12. The van der Waals surface area contributed by atoms with Gasteiger partial charge >= 0.3 is 0 Å². The Balaban J connectivity index is 2.00. The van der Waals surface area contributed by atoms with Crippen molar-refractivity contribution in [1.82, 2.24) is 0 Å². The highest BCUT2D eigenvalue weighted by atomic mass is 35.5. The van der Waals surface area contributed by atoms with Crippen molar-refractivity contribution in [2.45, 2.75) is 12.8 Å². The van der Waals surface area contributed by atoms with Crippen LogP contribution in [0, 0.1) is 11.8 Å². The Morgan fingerprint density at radius 1 is 1.05 bits per heavy atom. The average molecular weight is 271 g/mol. The lowest BCUT2D eigenvalue weighted by atomic mass is 9.92. The highest BCUT2D eigenvalue weighted by Crippen LogP contribution is 2.19. The van der Waals surface area contributed by atoms with Gasteiger partial charge in [-0.1, -0.05) is 79.8 Å². The smallest absolute Gasteiger partial charge is 0.0474 e. The average Bonchev–Trinajstić information content (AvgIpc) is 2.74. The summed E-state index contributed by atoms with van der Waals surface area (Å²) in [5, 5.41) is 0. The topological polar surface area (TPSA) is 0 Å². The molecule has 0 radical (unpaired) electrons. The summed E-state index contributed by atoms with van der Waals surface area (Å²) < 4.78 is 0. The summed E-state index contributed by atoms with van der Waals surface area (Å²) in [5.41, 5.74) is 2.38. The van der Waals surface area contributed by atoms with Gasteiger partial charge in [0.05, 0.1) is 0 Å². The van der Waals surface area contributed by atoms with Crippen molar-refractivity contribution in [2.75, 3.05) is 0 Å². The number of benzene rings is 1. The number of hydrogen-bond acceptors (Lipinski definition) is 0. The lowest BCUT2D eigenvalue weighted by Crippen LogP contribution is -2.02. The fraction of sp³-hybridized carbons (Fsp3) is 0.222. The minimum Gasteiger partial charge on any atom is -0.122 e. The molecule has 1 aliphatic rings. The maximum absolute atomic E-state index is 5.78. The van der Waals surface area contributed by atoms with Crippen LogP contribution in [-0.4, -0.2) is 0 Å². The van der Waals surface area contributed by atoms with Crippen LogP contribution in [0.3, 0.4) is 0 Å². The minimum absolute atomic E-state index is 0.466. The molecule has 1 aromatic rings. The van der Waals surface area contributed by atoms with E-state index in [1.807, 2.05) is 0 Å². The first-order valence-corrected chi connectivity index (χ1v) is 7.18. The molecule has 0 N–H and O–H groups in total. The van der Waals surface area contributed by atoms with Crippen molar-refractivity contribution in [3.05, 3.63) is 77.9 Å². The standard InChI is InChI=1S/C18H19Cl/c1-15(18-6-4-2-3-5-7-18)8-9-16-10-12-17(14-19)13-11-16/h2-13,15,18H,14H2,1H3/b9-8+. The van der Waals surface area contributed by atoms with Gasteiger partial charge < -0.3 is 0 Å². The van der Waals surface area contributed by atoms with Gasteiger partial charge in [0.2, 0.25) is 0 Å². The second-order valence-electron chi connectivity index (χ2n) is 4.83. The van der Waals surface area contributed by atoms with E-state index in [9.17, 15) is 0 Å². The van der Waals surface area contributed by atoms with E-state index >= 15 is 0 Å². The molecule has 0 saturated heterocycles. The Labute approximate surface area is 120 Å². The van der Waals surface area contributed by atoms with Crippen LogP contribution in [0.1, 0.15) is 18.1 Å². The zero-order chi connectivity index (χ0) is 13.5. The van der Waals surface area contributed by atoms with Gasteiger partial charge in [-0.3, -0.25) is 0 Å². The van der Waals surface area contributed by atoms with Crippen LogP contribution in [-0.2, 0) is 5.88 Å². The van der Waals surface area contributed by atoms with Crippen molar-refractivity contribution in [1.29, 1.82) is 0 Å². The third kappa shape index (κ3) is 4.25. The van der Waals surface area contributed by atoms with Crippen LogP contribution in [0.15, 0.2) is 66.8 Å². The summed E-state index contributed by atoms with van der Waals surface area (Å²) in [6.45, 7) is 2.24. The molecule has 98 valence electrons. The van der Waals surface area contributed by atoms with E-state index in [1.165, 1.54) is 5.56 Å². The van der Waals surface area contributed by atoms with Crippen molar-refractivity contribution < 1.29 is 0 Å². The normalized spacial score (nSPS) is 16.9. The monoisotopic (exact) mass is 270 g/mol. The SMILES string of the molecule is CC(/C=C/c1ccc(CCl)cc1)C1C=CC=CC=C1. The molecule has 0 heterocycles. The second kappa shape index (κ2) is 7.16. The third-order valence-electron chi connectivity index (χ3n) is 3.33. The van der Waals surface area contributed by atoms with Gasteiger partial charge in [-0.15, -0.1) is 11.6 Å². The summed E-state index contributed by atoms with van der Waals surface area (Å²) in [4.78, 5) is 0. The molecule has 0 aliphatic heterocycles. The number of hydrogen-bond donors (Lipinski definition) is 0. The first-order valence-electron chi connectivity index (χ1n) is 6.64. The molecule has 0 amide bonds. The van der Waals surface area contributed by atoms with Crippen molar-refractivity contribution >= 4 is 17.7 Å². The molecule has 2 rings (SSSR count). The lowest BCUT2D eigenvalue weighted by molar-refractivity contribution is 0.615. The Hall–Kier alpha value is -1.53. The Morgan fingerprint density at radius 2 is 1.68 bits per heavy atom. The van der Waals surface area contributed by atoms with Gasteiger partial charge in [0.25, 0.3) is 0 Å². The van der Waals surface area contributed by atoms with Crippen LogP contribution in [0.5, 0.6) is 0 Å². The predicted octanol–water partition coefficient (Wildman–Crippen LogP) is 5.37. The Kier molecular flexibility index (Phi) is 5.23. The maximum atomic E-state index is 5.78. The summed E-state index contributed by atoms with van der Waals surface area (Å²) in [5.74, 6) is 1.53. The zero-order valence-corrected chi connectivity index (χ0v) is 11.9. The molecule has 0 fully saturated rings. The molecule has 0 nitrogen and oxygen atoms in total. The van der Waals surface area contributed by atoms with Crippen LogP contribution in [0.2, 0.25) is 0 Å². The molecule has 1 aliphatic carbocycles. The number of halogens is 1. The van der Waals surface area contributed by atoms with Crippen LogP contribution in [0.4, 0.5) is 0 Å². The molecular formula is C18H19Cl. The zero-order valence-electron chi connectivity index (χ0n) is 11.2. The molecule has 1 aromatic carbocycles. The van der Waals surface area contributed by atoms with Crippen molar-refractivity contribution in [3.63, 3.8) is 0 Å². The van der Waals surface area contributed by atoms with E-state index in [-0.39, 0.29) is 0 Å². The Bertz CT molecular complexity index is 487. The first-order chi connectivity index (χ1) is 9.29. The van der Waals surface area contributed by atoms with E-state index in [4.69, 9.17) is 11.6 Å². The highest BCUT2D eigenvalue weighted by Gasteiger charge is 2.08. The number of alkyl halides is 1. The summed E-state index contributed by atoms with van der Waals surface area (Å²) in [6.07, 6.45) is 17.3. The van der Waals surface area contributed by atoms with Gasteiger partial charge in [0.1, 0.15) is 0 Å². The van der Waals surface area contributed by atoms with Gasteiger partial charge in [-0.25, -0.2) is 0 Å². The molecule has 0 saturated carbocycles. The number of allylic oxidation sites excluding steroid dienone is 7. The highest BCUT2D eigenvalue weighted by molar-refractivity contribution is 6.17. The predicted molar refractivity (Wildman–Crippen MR) is 85.1 cm³/mol. The van der Waals surface area contributed by atoms with E-state index in [0.29, 0.717) is 17.7 Å².